The first kappa shape index (κ1) is 15.7. The maximum Gasteiger partial charge on any atom is 0.148 e. The third-order valence-corrected chi connectivity index (χ3v) is 3.67. The summed E-state index contributed by atoms with van der Waals surface area (Å²) >= 11 is 9.32. The van der Waals surface area contributed by atoms with Crippen LogP contribution in [0.1, 0.15) is 5.56 Å². The van der Waals surface area contributed by atoms with Crippen molar-refractivity contribution in [1.82, 2.24) is 0 Å². The lowest BCUT2D eigenvalue weighted by atomic mass is 10.2. The van der Waals surface area contributed by atoms with Crippen molar-refractivity contribution in [3.05, 3.63) is 57.3 Å². The monoisotopic (exact) mass is 367 g/mol. The van der Waals surface area contributed by atoms with Gasteiger partial charge in [-0.05, 0) is 34.1 Å². The highest BCUT2D eigenvalue weighted by molar-refractivity contribution is 9.10. The molecule has 2 aromatic rings. The molecule has 0 radical (unpaired) electrons. The fraction of sp³-hybridized carbons (Fsp3) is 0.125. The molecule has 108 valence electrons. The van der Waals surface area contributed by atoms with Crippen molar-refractivity contribution in [2.75, 3.05) is 11.9 Å². The quantitative estimate of drug-likeness (QED) is 0.761. The van der Waals surface area contributed by atoms with E-state index in [2.05, 4.69) is 27.2 Å². The Morgan fingerprint density at radius 1 is 1.33 bits per heavy atom. The van der Waals surface area contributed by atoms with Gasteiger partial charge in [-0.3, -0.25) is 0 Å². The Kier molecular flexibility index (Phi) is 5.49. The summed E-state index contributed by atoms with van der Waals surface area (Å²) in [5.41, 5.74) is 1.56. The van der Waals surface area contributed by atoms with Crippen LogP contribution in [0.5, 0.6) is 5.75 Å². The SMILES string of the molecule is C#CCOc1ccccc1CNc1c(Cl)cc(F)cc1Br. The highest BCUT2D eigenvalue weighted by Gasteiger charge is 2.09. The molecular formula is C16H12BrClFNO. The standard InChI is InChI=1S/C16H12BrClFNO/c1-2-7-21-15-6-4-3-5-11(15)10-20-16-13(17)8-12(19)9-14(16)18/h1,3-6,8-9,20H,7,10H2. The Morgan fingerprint density at radius 2 is 2.10 bits per heavy atom. The molecule has 2 rings (SSSR count). The van der Waals surface area contributed by atoms with E-state index >= 15 is 0 Å². The molecular weight excluding hydrogens is 357 g/mol. The number of hydrogen-bond donors (Lipinski definition) is 1. The van der Waals surface area contributed by atoms with Gasteiger partial charge in [0.2, 0.25) is 0 Å². The Hall–Kier alpha value is -1.70. The number of ether oxygens (including phenoxy) is 1. The Morgan fingerprint density at radius 3 is 2.81 bits per heavy atom. The van der Waals surface area contributed by atoms with Gasteiger partial charge in [-0.25, -0.2) is 4.39 Å². The Labute approximate surface area is 136 Å². The number of halogens is 3. The Balaban J connectivity index is 2.16. The van der Waals surface area contributed by atoms with Gasteiger partial charge in [-0.2, -0.15) is 0 Å². The summed E-state index contributed by atoms with van der Waals surface area (Å²) in [5.74, 6) is 2.74. The molecule has 0 aromatic heterocycles. The smallest absolute Gasteiger partial charge is 0.148 e. The molecule has 0 heterocycles. The van der Waals surface area contributed by atoms with E-state index in [9.17, 15) is 4.39 Å². The molecule has 21 heavy (non-hydrogen) atoms. The first-order valence-electron chi connectivity index (χ1n) is 6.14. The first-order chi connectivity index (χ1) is 10.1. The predicted octanol–water partition coefficient (Wildman–Crippen LogP) is 4.87. The van der Waals surface area contributed by atoms with Crippen LogP contribution < -0.4 is 10.1 Å². The summed E-state index contributed by atoms with van der Waals surface area (Å²) in [6.45, 7) is 0.683. The van der Waals surface area contributed by atoms with Crippen molar-refractivity contribution in [2.45, 2.75) is 6.54 Å². The molecule has 0 fully saturated rings. The van der Waals surface area contributed by atoms with E-state index in [4.69, 9.17) is 22.8 Å². The lowest BCUT2D eigenvalue weighted by Gasteiger charge is -2.13. The average Bonchev–Trinajstić information content (AvgIpc) is 2.45. The summed E-state index contributed by atoms with van der Waals surface area (Å²) in [6, 6.07) is 10.2. The summed E-state index contributed by atoms with van der Waals surface area (Å²) in [7, 11) is 0. The second-order valence-electron chi connectivity index (χ2n) is 4.20. The molecule has 2 nitrogen and oxygen atoms in total. The predicted molar refractivity (Wildman–Crippen MR) is 87.2 cm³/mol. The minimum atomic E-state index is -0.393. The minimum Gasteiger partial charge on any atom is -0.481 e. The fourth-order valence-corrected chi connectivity index (χ4v) is 2.76. The molecule has 0 saturated carbocycles. The zero-order valence-corrected chi connectivity index (χ0v) is 13.3. The second kappa shape index (κ2) is 7.35. The summed E-state index contributed by atoms with van der Waals surface area (Å²) in [6.07, 6.45) is 5.20. The number of nitrogens with one attached hydrogen (secondary N) is 1. The van der Waals surface area contributed by atoms with Gasteiger partial charge in [0, 0.05) is 16.6 Å². The van der Waals surface area contributed by atoms with Crippen molar-refractivity contribution in [2.24, 2.45) is 0 Å². The summed E-state index contributed by atoms with van der Waals surface area (Å²) in [5, 5.41) is 3.47. The van der Waals surface area contributed by atoms with E-state index in [-0.39, 0.29) is 6.61 Å². The normalized spacial score (nSPS) is 10.0. The van der Waals surface area contributed by atoms with Crippen molar-refractivity contribution < 1.29 is 9.13 Å². The number of anilines is 1. The van der Waals surface area contributed by atoms with Gasteiger partial charge < -0.3 is 10.1 Å². The van der Waals surface area contributed by atoms with Gasteiger partial charge in [0.05, 0.1) is 10.7 Å². The van der Waals surface area contributed by atoms with Crippen molar-refractivity contribution in [3.8, 4) is 18.1 Å². The van der Waals surface area contributed by atoms with Gasteiger partial charge in [-0.15, -0.1) is 6.42 Å². The summed E-state index contributed by atoms with van der Waals surface area (Å²) in [4.78, 5) is 0. The number of para-hydroxylation sites is 1. The number of hydrogen-bond acceptors (Lipinski definition) is 2. The molecule has 0 bridgehead atoms. The third kappa shape index (κ3) is 4.13. The van der Waals surface area contributed by atoms with Gasteiger partial charge in [0.25, 0.3) is 0 Å². The number of terminal acetylenes is 1. The topological polar surface area (TPSA) is 21.3 Å². The van der Waals surface area contributed by atoms with Crippen LogP contribution >= 0.6 is 27.5 Å². The number of benzene rings is 2. The van der Waals surface area contributed by atoms with Gasteiger partial charge in [-0.1, -0.05) is 35.7 Å². The van der Waals surface area contributed by atoms with Crippen LogP contribution in [0.15, 0.2) is 40.9 Å². The van der Waals surface area contributed by atoms with Crippen molar-refractivity contribution in [1.29, 1.82) is 0 Å². The van der Waals surface area contributed by atoms with E-state index in [1.165, 1.54) is 12.1 Å². The van der Waals surface area contributed by atoms with Crippen LogP contribution in [0.4, 0.5) is 10.1 Å². The van der Waals surface area contributed by atoms with Crippen molar-refractivity contribution in [3.63, 3.8) is 0 Å². The molecule has 0 aliphatic carbocycles. The minimum absolute atomic E-state index is 0.206. The lowest BCUT2D eigenvalue weighted by molar-refractivity contribution is 0.366. The fourth-order valence-electron chi connectivity index (χ4n) is 1.80. The highest BCUT2D eigenvalue weighted by atomic mass is 79.9. The zero-order chi connectivity index (χ0) is 15.2. The van der Waals surface area contributed by atoms with E-state index in [1.807, 2.05) is 24.3 Å². The summed E-state index contributed by atoms with van der Waals surface area (Å²) < 4.78 is 19.2. The van der Waals surface area contributed by atoms with Crippen LogP contribution in [0.2, 0.25) is 5.02 Å². The van der Waals surface area contributed by atoms with E-state index in [0.717, 1.165) is 5.56 Å². The molecule has 0 aliphatic heterocycles. The van der Waals surface area contributed by atoms with Crippen LogP contribution in [0, 0.1) is 18.2 Å². The van der Waals surface area contributed by atoms with E-state index in [1.54, 1.807) is 0 Å². The van der Waals surface area contributed by atoms with Gasteiger partial charge in [0.1, 0.15) is 18.2 Å². The van der Waals surface area contributed by atoms with Crippen molar-refractivity contribution >= 4 is 33.2 Å². The van der Waals surface area contributed by atoms with Crippen LogP contribution in [0.25, 0.3) is 0 Å². The highest BCUT2D eigenvalue weighted by Crippen LogP contribution is 2.32. The third-order valence-electron chi connectivity index (χ3n) is 2.75. The molecule has 0 aliphatic rings. The van der Waals surface area contributed by atoms with Crippen LogP contribution in [0.3, 0.4) is 0 Å². The molecule has 0 amide bonds. The van der Waals surface area contributed by atoms with E-state index < -0.39 is 5.82 Å². The molecule has 0 unspecified atom stereocenters. The molecule has 0 spiro atoms. The molecule has 0 atom stereocenters. The second-order valence-corrected chi connectivity index (χ2v) is 5.46. The zero-order valence-electron chi connectivity index (χ0n) is 11.0. The van der Waals surface area contributed by atoms with Gasteiger partial charge in [0.15, 0.2) is 0 Å². The molecule has 0 saturated heterocycles. The first-order valence-corrected chi connectivity index (χ1v) is 7.31. The maximum atomic E-state index is 13.2. The van der Waals surface area contributed by atoms with E-state index in [0.29, 0.717) is 27.5 Å². The van der Waals surface area contributed by atoms with Crippen LogP contribution in [-0.4, -0.2) is 6.61 Å². The van der Waals surface area contributed by atoms with Gasteiger partial charge >= 0.3 is 0 Å². The average molecular weight is 369 g/mol. The molecule has 2 aromatic carbocycles. The van der Waals surface area contributed by atoms with Crippen LogP contribution in [-0.2, 0) is 6.54 Å². The molecule has 1 N–H and O–H groups in total. The molecule has 5 heteroatoms. The lowest BCUT2D eigenvalue weighted by Crippen LogP contribution is -2.04. The largest absolute Gasteiger partial charge is 0.481 e. The number of rotatable bonds is 5. The maximum absolute atomic E-state index is 13.2. The Bertz CT molecular complexity index is 661.